The van der Waals surface area contributed by atoms with E-state index in [2.05, 4.69) is 31.3 Å². The number of benzene rings is 3. The van der Waals surface area contributed by atoms with Crippen LogP contribution < -0.4 is 15.6 Å². The van der Waals surface area contributed by atoms with Gasteiger partial charge in [0.2, 0.25) is 5.75 Å². The lowest BCUT2D eigenvalue weighted by molar-refractivity contribution is -0.385. The van der Waals surface area contributed by atoms with Gasteiger partial charge in [0.1, 0.15) is 11.6 Å². The molecule has 0 fully saturated rings. The van der Waals surface area contributed by atoms with E-state index in [1.165, 1.54) is 36.5 Å². The van der Waals surface area contributed by atoms with Crippen LogP contribution in [0, 0.1) is 15.9 Å². The molecular formula is C26H20BrClFN5O5. The zero-order valence-electron chi connectivity index (χ0n) is 20.4. The first-order valence-corrected chi connectivity index (χ1v) is 12.7. The second kappa shape index (κ2) is 12.1. The third kappa shape index (κ3) is 6.65. The van der Waals surface area contributed by atoms with E-state index in [4.69, 9.17) is 16.3 Å². The molecule has 1 heterocycles. The molecule has 3 aromatic carbocycles. The minimum absolute atomic E-state index is 0.137. The van der Waals surface area contributed by atoms with Gasteiger partial charge >= 0.3 is 5.69 Å². The number of carbonyl (C=O) groups excluding carboxylic acids is 1. The van der Waals surface area contributed by atoms with Crippen molar-refractivity contribution in [2.75, 3.05) is 11.9 Å². The molecule has 0 saturated carbocycles. The fraction of sp³-hybridized carbons (Fsp3) is 0.154. The monoisotopic (exact) mass is 615 g/mol. The molecule has 0 bridgehead atoms. The smallest absolute Gasteiger partial charge is 0.313 e. The highest BCUT2D eigenvalue weighted by Crippen LogP contribution is 2.36. The number of nitro benzene ring substituents is 1. The molecule has 0 atom stereocenters. The lowest BCUT2D eigenvalue weighted by Gasteiger charge is -2.10. The summed E-state index contributed by atoms with van der Waals surface area (Å²) in [4.78, 5) is 41.0. The highest BCUT2D eigenvalue weighted by molar-refractivity contribution is 9.10. The van der Waals surface area contributed by atoms with E-state index in [0.29, 0.717) is 39.7 Å². The van der Waals surface area contributed by atoms with E-state index in [-0.39, 0.29) is 16.3 Å². The number of amides is 1. The number of nitrogens with one attached hydrogen (secondary N) is 1. The third-order valence-corrected chi connectivity index (χ3v) is 6.16. The molecular weight excluding hydrogens is 597 g/mol. The van der Waals surface area contributed by atoms with Crippen LogP contribution in [0.25, 0.3) is 10.9 Å². The lowest BCUT2D eigenvalue weighted by atomic mass is 10.2. The Bertz CT molecular complexity index is 1660. The maximum absolute atomic E-state index is 13.2. The molecule has 0 radical (unpaired) electrons. The molecule has 4 rings (SSSR count). The van der Waals surface area contributed by atoms with Crippen LogP contribution in [-0.4, -0.2) is 33.3 Å². The van der Waals surface area contributed by atoms with Crippen molar-refractivity contribution in [1.82, 2.24) is 9.66 Å². The molecule has 4 aromatic rings. The number of carbonyl (C=O) groups is 1. The highest BCUT2D eigenvalue weighted by atomic mass is 79.9. The molecule has 0 aliphatic heterocycles. The average molecular weight is 617 g/mol. The normalized spacial score (nSPS) is 11.2. The van der Waals surface area contributed by atoms with Gasteiger partial charge < -0.3 is 10.1 Å². The Hall–Kier alpha value is -4.16. The molecule has 0 saturated heterocycles. The van der Waals surface area contributed by atoms with Crippen LogP contribution in [0.1, 0.15) is 24.7 Å². The Labute approximate surface area is 234 Å². The van der Waals surface area contributed by atoms with Crippen molar-refractivity contribution in [3.8, 4) is 5.75 Å². The summed E-state index contributed by atoms with van der Waals surface area (Å²) >= 11 is 9.63. The second-order valence-corrected chi connectivity index (χ2v) is 9.58. The van der Waals surface area contributed by atoms with Gasteiger partial charge in [0.05, 0.1) is 27.1 Å². The molecule has 1 aromatic heterocycles. The van der Waals surface area contributed by atoms with E-state index in [1.807, 2.05) is 6.92 Å². The summed E-state index contributed by atoms with van der Waals surface area (Å²) in [6.45, 7) is 1.35. The Morgan fingerprint density at radius 1 is 1.26 bits per heavy atom. The van der Waals surface area contributed by atoms with E-state index in [9.17, 15) is 24.1 Å². The van der Waals surface area contributed by atoms with E-state index < -0.39 is 34.5 Å². The number of hydrogen-bond acceptors (Lipinski definition) is 7. The fourth-order valence-corrected chi connectivity index (χ4v) is 4.28. The molecule has 10 nitrogen and oxygen atoms in total. The number of nitrogens with zero attached hydrogens (tertiary/aromatic N) is 4. The highest BCUT2D eigenvalue weighted by Gasteiger charge is 2.22. The van der Waals surface area contributed by atoms with Crippen LogP contribution in [0.3, 0.4) is 0 Å². The topological polar surface area (TPSA) is 129 Å². The Morgan fingerprint density at radius 2 is 2.00 bits per heavy atom. The van der Waals surface area contributed by atoms with Gasteiger partial charge in [0.25, 0.3) is 11.5 Å². The first kappa shape index (κ1) is 27.9. The van der Waals surface area contributed by atoms with Gasteiger partial charge in [-0.25, -0.2) is 9.37 Å². The number of aromatic nitrogens is 2. The van der Waals surface area contributed by atoms with Crippen molar-refractivity contribution in [3.05, 3.63) is 102 Å². The van der Waals surface area contributed by atoms with Gasteiger partial charge in [-0.3, -0.25) is 19.7 Å². The van der Waals surface area contributed by atoms with Crippen molar-refractivity contribution >= 4 is 61.9 Å². The van der Waals surface area contributed by atoms with E-state index in [1.54, 1.807) is 18.2 Å². The van der Waals surface area contributed by atoms with Crippen molar-refractivity contribution in [2.45, 2.75) is 19.8 Å². The number of nitro groups is 1. The summed E-state index contributed by atoms with van der Waals surface area (Å²) in [5.41, 5.74) is 0.180. The van der Waals surface area contributed by atoms with Gasteiger partial charge in [-0.15, -0.1) is 0 Å². The van der Waals surface area contributed by atoms with Gasteiger partial charge in [0.15, 0.2) is 6.61 Å². The molecule has 0 spiro atoms. The summed E-state index contributed by atoms with van der Waals surface area (Å²) in [7, 11) is 0. The quantitative estimate of drug-likeness (QED) is 0.146. The lowest BCUT2D eigenvalue weighted by Crippen LogP contribution is -2.22. The SMILES string of the molecule is CCCc1nc2ccc(Br)cc2c(=O)n1N=Cc1cc(Cl)c(OCC(=O)Nc2ccc(F)cc2)c([N+](=O)[O-])c1. The Kier molecular flexibility index (Phi) is 8.67. The summed E-state index contributed by atoms with van der Waals surface area (Å²) < 4.78 is 20.3. The molecule has 200 valence electrons. The van der Waals surface area contributed by atoms with Gasteiger partial charge in [0, 0.05) is 28.2 Å². The zero-order valence-corrected chi connectivity index (χ0v) is 22.7. The first-order chi connectivity index (χ1) is 18.7. The fourth-order valence-electron chi connectivity index (χ4n) is 3.64. The number of fused-ring (bicyclic) bond motifs is 1. The molecule has 0 aliphatic rings. The minimum Gasteiger partial charge on any atom is -0.476 e. The Balaban J connectivity index is 1.61. The molecule has 0 unspecified atom stereocenters. The van der Waals surface area contributed by atoms with Crippen molar-refractivity contribution in [3.63, 3.8) is 0 Å². The standard InChI is InChI=1S/C26H20BrClFN5O5/c1-2-3-23-32-21-9-4-16(27)12-19(21)26(36)33(23)30-13-15-10-20(28)25(22(11-15)34(37)38)39-14-24(35)31-18-7-5-17(29)6-8-18/h4-13H,2-3,14H2,1H3,(H,31,35). The minimum atomic E-state index is -0.708. The summed E-state index contributed by atoms with van der Waals surface area (Å²) in [6.07, 6.45) is 2.45. The number of anilines is 1. The second-order valence-electron chi connectivity index (χ2n) is 8.25. The number of rotatable bonds is 9. The third-order valence-electron chi connectivity index (χ3n) is 5.39. The Morgan fingerprint density at radius 3 is 2.69 bits per heavy atom. The van der Waals surface area contributed by atoms with Crippen molar-refractivity contribution in [1.29, 1.82) is 0 Å². The zero-order chi connectivity index (χ0) is 28.1. The number of ether oxygens (including phenoxy) is 1. The van der Waals surface area contributed by atoms with Crippen LogP contribution in [0.2, 0.25) is 5.02 Å². The number of aryl methyl sites for hydroxylation is 1. The number of halogens is 3. The van der Waals surface area contributed by atoms with E-state index in [0.717, 1.165) is 10.7 Å². The van der Waals surface area contributed by atoms with Crippen LogP contribution in [-0.2, 0) is 11.2 Å². The molecule has 1 amide bonds. The average Bonchev–Trinajstić information content (AvgIpc) is 2.89. The number of hydrogen-bond donors (Lipinski definition) is 1. The first-order valence-electron chi connectivity index (χ1n) is 11.6. The van der Waals surface area contributed by atoms with Crippen LogP contribution in [0.4, 0.5) is 15.8 Å². The molecule has 39 heavy (non-hydrogen) atoms. The maximum Gasteiger partial charge on any atom is 0.313 e. The van der Waals surface area contributed by atoms with Crippen molar-refractivity contribution in [2.24, 2.45) is 5.10 Å². The molecule has 1 N–H and O–H groups in total. The summed E-state index contributed by atoms with van der Waals surface area (Å²) in [6, 6.07) is 12.8. The van der Waals surface area contributed by atoms with Crippen LogP contribution in [0.15, 0.2) is 69.0 Å². The van der Waals surface area contributed by atoms with Gasteiger partial charge in [-0.1, -0.05) is 34.5 Å². The van der Waals surface area contributed by atoms with Crippen LogP contribution in [0.5, 0.6) is 5.75 Å². The largest absolute Gasteiger partial charge is 0.476 e. The summed E-state index contributed by atoms with van der Waals surface area (Å²) in [5, 5.41) is 18.7. The van der Waals surface area contributed by atoms with Crippen LogP contribution >= 0.6 is 27.5 Å². The predicted octanol–water partition coefficient (Wildman–Crippen LogP) is 5.71. The molecule has 0 aliphatic carbocycles. The van der Waals surface area contributed by atoms with Gasteiger partial charge in [-0.05, 0) is 55.0 Å². The van der Waals surface area contributed by atoms with Crippen molar-refractivity contribution < 1.29 is 18.8 Å². The van der Waals surface area contributed by atoms with E-state index >= 15 is 0 Å². The summed E-state index contributed by atoms with van der Waals surface area (Å²) in [5.74, 6) is -0.974. The molecule has 13 heteroatoms. The van der Waals surface area contributed by atoms with Gasteiger partial charge in [-0.2, -0.15) is 9.78 Å². The maximum atomic E-state index is 13.2. The predicted molar refractivity (Wildman–Crippen MR) is 149 cm³/mol.